The van der Waals surface area contributed by atoms with E-state index in [1.807, 2.05) is 0 Å². The lowest BCUT2D eigenvalue weighted by molar-refractivity contribution is -0.0498. The Morgan fingerprint density at radius 2 is 2.06 bits per heavy atom. The van der Waals surface area contributed by atoms with Crippen molar-refractivity contribution < 1.29 is 8.78 Å². The summed E-state index contributed by atoms with van der Waals surface area (Å²) in [4.78, 5) is 0. The van der Waals surface area contributed by atoms with Gasteiger partial charge in [-0.05, 0) is 44.6 Å². The van der Waals surface area contributed by atoms with E-state index >= 15 is 0 Å². The van der Waals surface area contributed by atoms with E-state index < -0.39 is 5.92 Å². The Kier molecular flexibility index (Phi) is 6.63. The van der Waals surface area contributed by atoms with Crippen LogP contribution in [0.15, 0.2) is 0 Å². The summed E-state index contributed by atoms with van der Waals surface area (Å²) in [6.45, 7) is 3.09. The van der Waals surface area contributed by atoms with E-state index in [9.17, 15) is 8.78 Å². The summed E-state index contributed by atoms with van der Waals surface area (Å²) in [5, 5.41) is 3.51. The largest absolute Gasteiger partial charge is 0.314 e. The average molecular weight is 257 g/mol. The van der Waals surface area contributed by atoms with Crippen LogP contribution in [0.25, 0.3) is 0 Å². The number of hydrogen-bond acceptors (Lipinski definition) is 1. The summed E-state index contributed by atoms with van der Waals surface area (Å²) in [5.41, 5.74) is 0. The number of terminal acetylenes is 1. The summed E-state index contributed by atoms with van der Waals surface area (Å²) < 4.78 is 26.3. The maximum absolute atomic E-state index is 13.2. The van der Waals surface area contributed by atoms with E-state index in [0.29, 0.717) is 24.8 Å². The van der Waals surface area contributed by atoms with Crippen LogP contribution in [0.3, 0.4) is 0 Å². The van der Waals surface area contributed by atoms with Gasteiger partial charge in [0, 0.05) is 25.3 Å². The molecule has 0 aliphatic heterocycles. The first-order valence-electron chi connectivity index (χ1n) is 7.13. The van der Waals surface area contributed by atoms with Crippen molar-refractivity contribution in [2.45, 2.75) is 70.3 Å². The smallest absolute Gasteiger partial charge is 0.248 e. The minimum absolute atomic E-state index is 0.0527. The van der Waals surface area contributed by atoms with Crippen LogP contribution in [0.1, 0.15) is 58.3 Å². The van der Waals surface area contributed by atoms with Gasteiger partial charge in [-0.25, -0.2) is 8.78 Å². The zero-order valence-corrected chi connectivity index (χ0v) is 11.4. The average Bonchev–Trinajstić information content (AvgIpc) is 2.34. The zero-order chi connectivity index (χ0) is 13.4. The van der Waals surface area contributed by atoms with Crippen molar-refractivity contribution in [2.75, 3.05) is 6.54 Å². The number of hydrogen-bond donors (Lipinski definition) is 1. The highest BCUT2D eigenvalue weighted by Gasteiger charge is 2.37. The van der Waals surface area contributed by atoms with Crippen molar-refractivity contribution in [1.82, 2.24) is 5.32 Å². The fourth-order valence-electron chi connectivity index (χ4n) is 2.72. The molecule has 1 atom stereocenters. The van der Waals surface area contributed by atoms with Gasteiger partial charge in [-0.3, -0.25) is 0 Å². The lowest BCUT2D eigenvalue weighted by Crippen LogP contribution is -2.40. The minimum atomic E-state index is -2.43. The van der Waals surface area contributed by atoms with Crippen molar-refractivity contribution in [2.24, 2.45) is 5.92 Å². The number of halogens is 2. The molecule has 0 amide bonds. The third-order valence-electron chi connectivity index (χ3n) is 3.82. The number of alkyl halides is 2. The Bertz CT molecular complexity index is 260. The molecule has 1 unspecified atom stereocenters. The summed E-state index contributed by atoms with van der Waals surface area (Å²) >= 11 is 0. The quantitative estimate of drug-likeness (QED) is 0.537. The predicted octanol–water partition coefficient (Wildman–Crippen LogP) is 3.98. The molecule has 1 N–H and O–H groups in total. The Balaban J connectivity index is 2.41. The molecule has 1 saturated carbocycles. The van der Waals surface area contributed by atoms with Gasteiger partial charge >= 0.3 is 0 Å². The normalized spacial score (nSPS) is 21.4. The van der Waals surface area contributed by atoms with Gasteiger partial charge in [0.25, 0.3) is 0 Å². The van der Waals surface area contributed by atoms with Crippen molar-refractivity contribution in [3.63, 3.8) is 0 Å². The molecule has 0 saturated heterocycles. The minimum Gasteiger partial charge on any atom is -0.314 e. The van der Waals surface area contributed by atoms with Crippen LogP contribution in [-0.4, -0.2) is 18.5 Å². The van der Waals surface area contributed by atoms with Crippen LogP contribution in [0, 0.1) is 18.3 Å². The van der Waals surface area contributed by atoms with Crippen LogP contribution >= 0.6 is 0 Å². The lowest BCUT2D eigenvalue weighted by Gasteiger charge is -2.34. The molecule has 0 spiro atoms. The van der Waals surface area contributed by atoms with Crippen LogP contribution in [0.2, 0.25) is 0 Å². The molecule has 1 aliphatic carbocycles. The molecular weight excluding hydrogens is 232 g/mol. The first kappa shape index (κ1) is 15.4. The van der Waals surface area contributed by atoms with E-state index in [-0.39, 0.29) is 12.8 Å². The van der Waals surface area contributed by atoms with Gasteiger partial charge in [-0.15, -0.1) is 12.3 Å². The monoisotopic (exact) mass is 257 g/mol. The lowest BCUT2D eigenvalue weighted by atomic mass is 9.80. The predicted molar refractivity (Wildman–Crippen MR) is 71.7 cm³/mol. The number of rotatable bonds is 7. The highest BCUT2D eigenvalue weighted by molar-refractivity contribution is 4.87. The highest BCUT2D eigenvalue weighted by Crippen LogP contribution is 2.38. The maximum Gasteiger partial charge on any atom is 0.248 e. The molecule has 1 rings (SSSR count). The Morgan fingerprint density at radius 3 is 2.61 bits per heavy atom. The second-order valence-electron chi connectivity index (χ2n) is 5.35. The Morgan fingerprint density at radius 1 is 1.39 bits per heavy atom. The first-order valence-corrected chi connectivity index (χ1v) is 7.13. The topological polar surface area (TPSA) is 12.0 Å². The number of nitrogens with one attached hydrogen (secondary N) is 1. The summed E-state index contributed by atoms with van der Waals surface area (Å²) in [5.74, 6) is 0.619. The van der Waals surface area contributed by atoms with Gasteiger partial charge in [0.15, 0.2) is 0 Å². The Hall–Kier alpha value is -0.620. The molecule has 1 nitrogen and oxygen atoms in total. The van der Waals surface area contributed by atoms with Gasteiger partial charge in [-0.1, -0.05) is 6.92 Å². The van der Waals surface area contributed by atoms with Crippen molar-refractivity contribution in [3.8, 4) is 12.3 Å². The molecule has 104 valence electrons. The molecule has 1 aliphatic rings. The molecular formula is C15H25F2N. The third-order valence-corrected chi connectivity index (χ3v) is 3.82. The molecule has 0 radical (unpaired) electrons. The van der Waals surface area contributed by atoms with E-state index in [2.05, 4.69) is 18.2 Å². The van der Waals surface area contributed by atoms with Crippen LogP contribution in [0.4, 0.5) is 8.78 Å². The summed E-state index contributed by atoms with van der Waals surface area (Å²) in [6.07, 6.45) is 10.5. The fraction of sp³-hybridized carbons (Fsp3) is 0.867. The molecule has 1 fully saturated rings. The SMILES string of the molecule is C#CCCCC(NCCC)C1CCC(F)(F)CC1. The fourth-order valence-corrected chi connectivity index (χ4v) is 2.72. The molecule has 3 heteroatoms. The van der Waals surface area contributed by atoms with Crippen molar-refractivity contribution in [1.29, 1.82) is 0 Å². The molecule has 0 aromatic rings. The van der Waals surface area contributed by atoms with Crippen LogP contribution < -0.4 is 5.32 Å². The molecule has 0 bridgehead atoms. The Labute approximate surface area is 110 Å². The van der Waals surface area contributed by atoms with Crippen molar-refractivity contribution in [3.05, 3.63) is 0 Å². The zero-order valence-electron chi connectivity index (χ0n) is 11.4. The van der Waals surface area contributed by atoms with E-state index in [4.69, 9.17) is 6.42 Å². The van der Waals surface area contributed by atoms with E-state index in [1.165, 1.54) is 0 Å². The summed E-state index contributed by atoms with van der Waals surface area (Å²) in [6, 6.07) is 0.370. The molecule has 18 heavy (non-hydrogen) atoms. The summed E-state index contributed by atoms with van der Waals surface area (Å²) in [7, 11) is 0. The molecule has 0 aromatic carbocycles. The van der Waals surface area contributed by atoms with Crippen molar-refractivity contribution >= 4 is 0 Å². The maximum atomic E-state index is 13.2. The van der Waals surface area contributed by atoms with Gasteiger partial charge in [0.05, 0.1) is 0 Å². The molecule has 0 heterocycles. The molecule has 0 aromatic heterocycles. The van der Waals surface area contributed by atoms with Gasteiger partial charge in [0.2, 0.25) is 5.92 Å². The second-order valence-corrected chi connectivity index (χ2v) is 5.35. The van der Waals surface area contributed by atoms with Gasteiger partial charge < -0.3 is 5.32 Å². The van der Waals surface area contributed by atoms with Gasteiger partial charge in [0.1, 0.15) is 0 Å². The van der Waals surface area contributed by atoms with Crippen LogP contribution in [0.5, 0.6) is 0 Å². The van der Waals surface area contributed by atoms with E-state index in [1.54, 1.807) is 0 Å². The highest BCUT2D eigenvalue weighted by atomic mass is 19.3. The van der Waals surface area contributed by atoms with Gasteiger partial charge in [-0.2, -0.15) is 0 Å². The van der Waals surface area contributed by atoms with E-state index in [0.717, 1.165) is 32.2 Å². The second kappa shape index (κ2) is 7.74. The standard InChI is InChI=1S/C15H25F2N/c1-3-5-6-7-14(18-12-4-2)13-8-10-15(16,17)11-9-13/h1,13-14,18H,4-12H2,2H3. The third kappa shape index (κ3) is 5.35. The number of unbranched alkanes of at least 4 members (excludes halogenated alkanes) is 1. The van der Waals surface area contributed by atoms with Crippen LogP contribution in [-0.2, 0) is 0 Å². The first-order chi connectivity index (χ1) is 8.59.